The Hall–Kier alpha value is -3.20. The van der Waals surface area contributed by atoms with E-state index in [0.717, 1.165) is 21.9 Å². The van der Waals surface area contributed by atoms with E-state index < -0.39 is 29.2 Å². The monoisotopic (exact) mass is 371 g/mol. The Morgan fingerprint density at radius 1 is 1.15 bits per heavy atom. The molecule has 0 aromatic heterocycles. The normalized spacial score (nSPS) is 12.9. The lowest BCUT2D eigenvalue weighted by Crippen LogP contribution is -2.37. The summed E-state index contributed by atoms with van der Waals surface area (Å²) in [6.45, 7) is -0.469. The lowest BCUT2D eigenvalue weighted by Gasteiger charge is -2.14. The van der Waals surface area contributed by atoms with Crippen molar-refractivity contribution in [1.29, 1.82) is 0 Å². The van der Waals surface area contributed by atoms with Gasteiger partial charge in [-0.15, -0.1) is 11.8 Å². The van der Waals surface area contributed by atoms with Gasteiger partial charge in [0.1, 0.15) is 6.54 Å². The molecule has 8 nitrogen and oxygen atoms in total. The largest absolute Gasteiger partial charge is 0.324 e. The summed E-state index contributed by atoms with van der Waals surface area (Å²) < 4.78 is 0. The fourth-order valence-corrected chi connectivity index (χ4v) is 3.17. The Labute approximate surface area is 152 Å². The van der Waals surface area contributed by atoms with E-state index in [9.17, 15) is 24.5 Å². The van der Waals surface area contributed by atoms with Crippen molar-refractivity contribution in [3.63, 3.8) is 0 Å². The average molecular weight is 371 g/mol. The first kappa shape index (κ1) is 17.6. The number of nitrogens with one attached hydrogen (secondary N) is 1. The predicted molar refractivity (Wildman–Crippen MR) is 95.3 cm³/mol. The van der Waals surface area contributed by atoms with E-state index in [0.29, 0.717) is 5.69 Å². The van der Waals surface area contributed by atoms with Crippen LogP contribution in [0.1, 0.15) is 20.7 Å². The second kappa shape index (κ2) is 6.96. The number of nitrogens with zero attached hydrogens (tertiary/aromatic N) is 2. The molecule has 1 heterocycles. The lowest BCUT2D eigenvalue weighted by atomic mass is 10.1. The Morgan fingerprint density at radius 2 is 1.85 bits per heavy atom. The number of fused-ring (bicyclic) bond motifs is 1. The molecule has 26 heavy (non-hydrogen) atoms. The van der Waals surface area contributed by atoms with Crippen LogP contribution in [0.3, 0.4) is 0 Å². The second-order valence-corrected chi connectivity index (χ2v) is 6.28. The van der Waals surface area contributed by atoms with Crippen molar-refractivity contribution in [3.05, 3.63) is 63.7 Å². The van der Waals surface area contributed by atoms with Crippen molar-refractivity contribution in [3.8, 4) is 0 Å². The van der Waals surface area contributed by atoms with Crippen molar-refractivity contribution >= 4 is 40.9 Å². The highest BCUT2D eigenvalue weighted by Gasteiger charge is 2.37. The molecule has 132 valence electrons. The first-order valence-electron chi connectivity index (χ1n) is 7.50. The van der Waals surface area contributed by atoms with E-state index in [4.69, 9.17) is 0 Å². The number of anilines is 1. The molecule has 2 aromatic rings. The molecule has 0 saturated heterocycles. The molecule has 3 rings (SSSR count). The van der Waals surface area contributed by atoms with Crippen molar-refractivity contribution < 1.29 is 19.3 Å². The Kier molecular flexibility index (Phi) is 4.72. The lowest BCUT2D eigenvalue weighted by molar-refractivity contribution is -0.384. The van der Waals surface area contributed by atoms with E-state index in [1.807, 2.05) is 18.4 Å². The van der Waals surface area contributed by atoms with Gasteiger partial charge in [0.05, 0.1) is 21.7 Å². The number of para-hydroxylation sites is 1. The van der Waals surface area contributed by atoms with Crippen LogP contribution in [-0.4, -0.2) is 40.3 Å². The molecular weight excluding hydrogens is 358 g/mol. The van der Waals surface area contributed by atoms with Gasteiger partial charge in [-0.25, -0.2) is 0 Å². The SMILES string of the molecule is CSc1ccccc1NC(=O)CN1C(=O)c2ccc([N+](=O)[O-])cc2C1=O. The number of nitro groups is 1. The maximum absolute atomic E-state index is 12.4. The molecule has 2 aromatic carbocycles. The molecule has 1 N–H and O–H groups in total. The molecule has 0 unspecified atom stereocenters. The van der Waals surface area contributed by atoms with Crippen LogP contribution in [-0.2, 0) is 4.79 Å². The molecule has 0 aliphatic carbocycles. The molecule has 1 aliphatic heterocycles. The first-order valence-corrected chi connectivity index (χ1v) is 8.72. The zero-order chi connectivity index (χ0) is 18.8. The molecule has 0 spiro atoms. The van der Waals surface area contributed by atoms with Crippen molar-refractivity contribution in [2.24, 2.45) is 0 Å². The summed E-state index contributed by atoms with van der Waals surface area (Å²) in [5, 5.41) is 13.5. The molecule has 0 fully saturated rings. The van der Waals surface area contributed by atoms with E-state index in [1.54, 1.807) is 12.1 Å². The third-order valence-corrected chi connectivity index (χ3v) is 4.64. The Morgan fingerprint density at radius 3 is 2.54 bits per heavy atom. The Balaban J connectivity index is 1.78. The van der Waals surface area contributed by atoms with Gasteiger partial charge in [-0.3, -0.25) is 29.4 Å². The minimum Gasteiger partial charge on any atom is -0.324 e. The average Bonchev–Trinajstić information content (AvgIpc) is 2.86. The standard InChI is InChI=1S/C17H13N3O5S/c1-26-14-5-3-2-4-13(14)18-15(21)9-19-16(22)11-7-6-10(20(24)25)8-12(11)17(19)23/h2-8H,9H2,1H3,(H,18,21). The number of non-ortho nitro benzene ring substituents is 1. The summed E-state index contributed by atoms with van der Waals surface area (Å²) in [5.74, 6) is -1.90. The number of thioether (sulfide) groups is 1. The fraction of sp³-hybridized carbons (Fsp3) is 0.118. The van der Waals surface area contributed by atoms with Crippen LogP contribution in [0.2, 0.25) is 0 Å². The minimum atomic E-state index is -0.720. The van der Waals surface area contributed by atoms with Gasteiger partial charge in [0.15, 0.2) is 0 Å². The predicted octanol–water partition coefficient (Wildman–Crippen LogP) is 2.55. The zero-order valence-electron chi connectivity index (χ0n) is 13.6. The summed E-state index contributed by atoms with van der Waals surface area (Å²) in [6, 6.07) is 10.6. The highest BCUT2D eigenvalue weighted by Crippen LogP contribution is 2.27. The van der Waals surface area contributed by atoms with Crippen LogP contribution < -0.4 is 5.32 Å². The Bertz CT molecular complexity index is 944. The molecular formula is C17H13N3O5S. The molecule has 0 bridgehead atoms. The number of benzene rings is 2. The van der Waals surface area contributed by atoms with Crippen LogP contribution in [0.25, 0.3) is 0 Å². The summed E-state index contributed by atoms with van der Waals surface area (Å²) in [4.78, 5) is 48.8. The van der Waals surface area contributed by atoms with E-state index >= 15 is 0 Å². The molecule has 1 aliphatic rings. The third-order valence-electron chi connectivity index (χ3n) is 3.85. The highest BCUT2D eigenvalue weighted by atomic mass is 32.2. The van der Waals surface area contributed by atoms with E-state index in [2.05, 4.69) is 5.32 Å². The summed E-state index contributed by atoms with van der Waals surface area (Å²) in [6.07, 6.45) is 1.86. The maximum Gasteiger partial charge on any atom is 0.270 e. The number of carbonyl (C=O) groups excluding carboxylic acids is 3. The molecule has 0 atom stereocenters. The number of hydrogen-bond acceptors (Lipinski definition) is 6. The van der Waals surface area contributed by atoms with Gasteiger partial charge in [-0.2, -0.15) is 0 Å². The highest BCUT2D eigenvalue weighted by molar-refractivity contribution is 7.98. The van der Waals surface area contributed by atoms with Gasteiger partial charge in [-0.05, 0) is 24.5 Å². The topological polar surface area (TPSA) is 110 Å². The number of nitro benzene ring substituents is 1. The van der Waals surface area contributed by atoms with Crippen molar-refractivity contribution in [2.45, 2.75) is 4.90 Å². The van der Waals surface area contributed by atoms with Crippen LogP contribution >= 0.6 is 11.8 Å². The van der Waals surface area contributed by atoms with Crippen LogP contribution in [0.4, 0.5) is 11.4 Å². The summed E-state index contributed by atoms with van der Waals surface area (Å²) >= 11 is 1.45. The van der Waals surface area contributed by atoms with Crippen molar-refractivity contribution in [1.82, 2.24) is 4.90 Å². The van der Waals surface area contributed by atoms with E-state index in [-0.39, 0.29) is 16.8 Å². The van der Waals surface area contributed by atoms with Gasteiger partial charge in [0.2, 0.25) is 5.91 Å². The van der Waals surface area contributed by atoms with E-state index in [1.165, 1.54) is 17.8 Å². The molecule has 3 amide bonds. The van der Waals surface area contributed by atoms with Gasteiger partial charge < -0.3 is 5.32 Å². The summed E-state index contributed by atoms with van der Waals surface area (Å²) in [7, 11) is 0. The van der Waals surface area contributed by atoms with Crippen molar-refractivity contribution in [2.75, 3.05) is 18.1 Å². The van der Waals surface area contributed by atoms with Gasteiger partial charge in [0, 0.05) is 17.0 Å². The second-order valence-electron chi connectivity index (χ2n) is 5.43. The number of carbonyl (C=O) groups is 3. The molecule has 9 heteroatoms. The molecule has 0 radical (unpaired) electrons. The van der Waals surface area contributed by atoms with Gasteiger partial charge >= 0.3 is 0 Å². The minimum absolute atomic E-state index is 0.0536. The quantitative estimate of drug-likeness (QED) is 0.374. The first-order chi connectivity index (χ1) is 12.4. The van der Waals surface area contributed by atoms with Gasteiger partial charge in [0.25, 0.3) is 17.5 Å². The summed E-state index contributed by atoms with van der Waals surface area (Å²) in [5.41, 5.74) is 0.279. The number of rotatable bonds is 5. The molecule has 0 saturated carbocycles. The smallest absolute Gasteiger partial charge is 0.270 e. The zero-order valence-corrected chi connectivity index (χ0v) is 14.4. The van der Waals surface area contributed by atoms with Crippen LogP contribution in [0, 0.1) is 10.1 Å². The van der Waals surface area contributed by atoms with Crippen LogP contribution in [0.15, 0.2) is 47.4 Å². The fourth-order valence-electron chi connectivity index (χ4n) is 2.62. The van der Waals surface area contributed by atoms with Gasteiger partial charge in [-0.1, -0.05) is 12.1 Å². The number of hydrogen-bond donors (Lipinski definition) is 1. The van der Waals surface area contributed by atoms with Crippen LogP contribution in [0.5, 0.6) is 0 Å². The number of imide groups is 1. The number of amides is 3. The third kappa shape index (κ3) is 3.16. The maximum atomic E-state index is 12.4.